The van der Waals surface area contributed by atoms with Crippen molar-refractivity contribution in [1.82, 2.24) is 9.88 Å². The summed E-state index contributed by atoms with van der Waals surface area (Å²) in [4.78, 5) is 22.1. The Bertz CT molecular complexity index is 540. The molecule has 7 heteroatoms. The molecule has 0 saturated carbocycles. The molecule has 0 aliphatic carbocycles. The maximum atomic E-state index is 11.8. The second-order valence-corrected chi connectivity index (χ2v) is 5.02. The first-order chi connectivity index (χ1) is 8.95. The molecule has 0 atom stereocenters. The van der Waals surface area contributed by atoms with E-state index in [1.807, 2.05) is 0 Å². The number of hydrogen-bond donors (Lipinski definition) is 1. The fraction of sp³-hybridized carbons (Fsp3) is 0.417. The van der Waals surface area contributed by atoms with Gasteiger partial charge in [-0.15, -0.1) is 0 Å². The zero-order valence-electron chi connectivity index (χ0n) is 10.7. The highest BCUT2D eigenvalue weighted by Crippen LogP contribution is 2.14. The van der Waals surface area contributed by atoms with Crippen LogP contribution in [0.25, 0.3) is 0 Å². The maximum absolute atomic E-state index is 11.8. The average molecular weight is 330 g/mol. The van der Waals surface area contributed by atoms with Crippen LogP contribution in [0.4, 0.5) is 5.69 Å². The Morgan fingerprint density at radius 1 is 1.63 bits per heavy atom. The van der Waals surface area contributed by atoms with Gasteiger partial charge in [0.1, 0.15) is 0 Å². The van der Waals surface area contributed by atoms with Crippen molar-refractivity contribution >= 4 is 21.6 Å². The smallest absolute Gasteiger partial charge is 0.286 e. The van der Waals surface area contributed by atoms with Crippen LogP contribution in [0.15, 0.2) is 33.7 Å². The molecule has 0 spiro atoms. The summed E-state index contributed by atoms with van der Waals surface area (Å²) in [5.41, 5.74) is 0.367. The lowest BCUT2D eigenvalue weighted by molar-refractivity contribution is -0.385. The molecule has 0 aliphatic rings. The van der Waals surface area contributed by atoms with Crippen molar-refractivity contribution in [2.75, 3.05) is 13.1 Å². The Morgan fingerprint density at radius 3 is 2.89 bits per heavy atom. The molecular formula is C12H16BrN3O3. The van der Waals surface area contributed by atoms with E-state index in [-0.39, 0.29) is 22.3 Å². The number of aromatic nitrogens is 1. The predicted molar refractivity (Wildman–Crippen MR) is 77.4 cm³/mol. The Kier molecular flexibility index (Phi) is 5.91. The predicted octanol–water partition coefficient (Wildman–Crippen LogP) is 2.07. The van der Waals surface area contributed by atoms with E-state index in [1.54, 1.807) is 0 Å². The molecule has 1 aromatic rings. The summed E-state index contributed by atoms with van der Waals surface area (Å²) in [6.45, 7) is 7.62. The van der Waals surface area contributed by atoms with Crippen molar-refractivity contribution in [2.24, 2.45) is 0 Å². The third-order valence-electron chi connectivity index (χ3n) is 2.43. The molecule has 1 aromatic heterocycles. The zero-order chi connectivity index (χ0) is 14.4. The first kappa shape index (κ1) is 15.6. The summed E-state index contributed by atoms with van der Waals surface area (Å²) < 4.78 is 1.47. The van der Waals surface area contributed by atoms with Crippen LogP contribution in [0, 0.1) is 10.1 Å². The van der Waals surface area contributed by atoms with Crippen molar-refractivity contribution in [3.05, 3.63) is 49.4 Å². The van der Waals surface area contributed by atoms with Gasteiger partial charge in [0, 0.05) is 19.2 Å². The van der Waals surface area contributed by atoms with E-state index in [9.17, 15) is 14.9 Å². The minimum Gasteiger partial charge on any atom is -0.313 e. The Hall–Kier alpha value is -1.47. The summed E-state index contributed by atoms with van der Waals surface area (Å²) in [5.74, 6) is 0. The molecule has 104 valence electrons. The largest absolute Gasteiger partial charge is 0.313 e. The van der Waals surface area contributed by atoms with Gasteiger partial charge in [0.05, 0.1) is 15.6 Å². The second kappa shape index (κ2) is 7.20. The van der Waals surface area contributed by atoms with Crippen LogP contribution in [-0.4, -0.2) is 22.6 Å². The molecule has 0 radical (unpaired) electrons. The van der Waals surface area contributed by atoms with Gasteiger partial charge >= 0.3 is 0 Å². The van der Waals surface area contributed by atoms with Crippen molar-refractivity contribution < 1.29 is 4.92 Å². The first-order valence-corrected chi connectivity index (χ1v) is 6.66. The number of rotatable bonds is 7. The van der Waals surface area contributed by atoms with Crippen LogP contribution in [0.2, 0.25) is 0 Å². The number of halogens is 1. The van der Waals surface area contributed by atoms with Gasteiger partial charge in [-0.1, -0.05) is 13.5 Å². The lowest BCUT2D eigenvalue weighted by Crippen LogP contribution is -2.25. The summed E-state index contributed by atoms with van der Waals surface area (Å²) >= 11 is 3.04. The summed E-state index contributed by atoms with van der Waals surface area (Å²) in [7, 11) is 0. The number of pyridine rings is 1. The average Bonchev–Trinajstić information content (AvgIpc) is 2.34. The zero-order valence-corrected chi connectivity index (χ0v) is 12.3. The molecule has 0 amide bonds. The molecular weight excluding hydrogens is 314 g/mol. The standard InChI is InChI=1S/C12H16BrN3O3/c1-3-4-14-6-9(2)7-15-8-10(16(18)19)5-11(13)12(15)17/h5,8,14H,2-4,6-7H2,1H3. The summed E-state index contributed by atoms with van der Waals surface area (Å²) in [6, 6.07) is 1.21. The van der Waals surface area contributed by atoms with Gasteiger partial charge in [-0.3, -0.25) is 14.9 Å². The van der Waals surface area contributed by atoms with Gasteiger partial charge in [-0.2, -0.15) is 0 Å². The minimum atomic E-state index is -0.529. The van der Waals surface area contributed by atoms with Gasteiger partial charge in [-0.25, -0.2) is 0 Å². The van der Waals surface area contributed by atoms with E-state index in [2.05, 4.69) is 34.7 Å². The monoisotopic (exact) mass is 329 g/mol. The van der Waals surface area contributed by atoms with E-state index in [0.29, 0.717) is 6.54 Å². The van der Waals surface area contributed by atoms with Crippen LogP contribution < -0.4 is 10.9 Å². The highest BCUT2D eigenvalue weighted by molar-refractivity contribution is 9.10. The highest BCUT2D eigenvalue weighted by atomic mass is 79.9. The molecule has 0 aromatic carbocycles. The van der Waals surface area contributed by atoms with Crippen molar-refractivity contribution in [3.63, 3.8) is 0 Å². The van der Waals surface area contributed by atoms with E-state index in [0.717, 1.165) is 18.5 Å². The van der Waals surface area contributed by atoms with Gasteiger partial charge in [0.15, 0.2) is 0 Å². The minimum absolute atomic E-state index is 0.124. The van der Waals surface area contributed by atoms with Gasteiger partial charge in [0.2, 0.25) is 0 Å². The Morgan fingerprint density at radius 2 is 2.32 bits per heavy atom. The maximum Gasteiger partial charge on any atom is 0.286 e. The fourth-order valence-electron chi connectivity index (χ4n) is 1.54. The molecule has 0 unspecified atom stereocenters. The van der Waals surface area contributed by atoms with Gasteiger partial charge in [-0.05, 0) is 34.5 Å². The van der Waals surface area contributed by atoms with E-state index in [1.165, 1.54) is 16.8 Å². The van der Waals surface area contributed by atoms with E-state index >= 15 is 0 Å². The number of nitrogens with zero attached hydrogens (tertiary/aromatic N) is 2. The summed E-state index contributed by atoms with van der Waals surface area (Å²) in [6.07, 6.45) is 2.24. The van der Waals surface area contributed by atoms with Crippen LogP contribution in [0.3, 0.4) is 0 Å². The highest BCUT2D eigenvalue weighted by Gasteiger charge is 2.12. The van der Waals surface area contributed by atoms with Crippen LogP contribution in [-0.2, 0) is 6.54 Å². The first-order valence-electron chi connectivity index (χ1n) is 5.87. The van der Waals surface area contributed by atoms with Gasteiger partial charge < -0.3 is 9.88 Å². The lowest BCUT2D eigenvalue weighted by Gasteiger charge is -2.09. The Labute approximate surface area is 119 Å². The second-order valence-electron chi connectivity index (χ2n) is 4.16. The molecule has 0 saturated heterocycles. The van der Waals surface area contributed by atoms with Crippen LogP contribution in [0.5, 0.6) is 0 Å². The molecule has 1 rings (SSSR count). The molecule has 0 fully saturated rings. The Balaban J connectivity index is 2.85. The lowest BCUT2D eigenvalue weighted by atomic mass is 10.3. The van der Waals surface area contributed by atoms with E-state index in [4.69, 9.17) is 0 Å². The summed E-state index contributed by atoms with van der Waals surface area (Å²) in [5, 5.41) is 13.9. The van der Waals surface area contributed by atoms with Crippen LogP contribution in [0.1, 0.15) is 13.3 Å². The molecule has 0 bridgehead atoms. The normalized spacial score (nSPS) is 10.4. The molecule has 6 nitrogen and oxygen atoms in total. The molecule has 1 N–H and O–H groups in total. The van der Waals surface area contributed by atoms with Crippen molar-refractivity contribution in [1.29, 1.82) is 0 Å². The number of nitrogens with one attached hydrogen (secondary N) is 1. The molecule has 1 heterocycles. The van der Waals surface area contributed by atoms with E-state index < -0.39 is 4.92 Å². The molecule has 0 aliphatic heterocycles. The topological polar surface area (TPSA) is 77.2 Å². The van der Waals surface area contributed by atoms with Crippen molar-refractivity contribution in [3.8, 4) is 0 Å². The molecule has 19 heavy (non-hydrogen) atoms. The SMILES string of the molecule is C=C(CNCCC)Cn1cc([N+](=O)[O-])cc(Br)c1=O. The number of nitro groups is 1. The quantitative estimate of drug-likeness (QED) is 0.359. The number of hydrogen-bond acceptors (Lipinski definition) is 4. The van der Waals surface area contributed by atoms with Crippen molar-refractivity contribution in [2.45, 2.75) is 19.9 Å². The third-order valence-corrected chi connectivity index (χ3v) is 3.00. The third kappa shape index (κ3) is 4.60. The fourth-order valence-corrected chi connectivity index (χ4v) is 2.00. The van der Waals surface area contributed by atoms with Gasteiger partial charge in [0.25, 0.3) is 11.2 Å². The van der Waals surface area contributed by atoms with Crippen LogP contribution >= 0.6 is 15.9 Å².